The zero-order valence-corrected chi connectivity index (χ0v) is 15.6. The highest BCUT2D eigenvalue weighted by Gasteiger charge is 2.10. The molecule has 0 aliphatic carbocycles. The Hall–Kier alpha value is -2.79. The molecule has 0 saturated carbocycles. The number of furan rings is 1. The van der Waals surface area contributed by atoms with Gasteiger partial charge in [0.2, 0.25) is 0 Å². The highest BCUT2D eigenvalue weighted by atomic mass is 35.5. The molecule has 0 N–H and O–H groups in total. The quantitative estimate of drug-likeness (QED) is 0.463. The molecule has 0 fully saturated rings. The molecule has 5 nitrogen and oxygen atoms in total. The van der Waals surface area contributed by atoms with Gasteiger partial charge < -0.3 is 9.15 Å². The lowest BCUT2D eigenvalue weighted by Gasteiger charge is -2.09. The van der Waals surface area contributed by atoms with Crippen molar-refractivity contribution >= 4 is 23.5 Å². The van der Waals surface area contributed by atoms with Gasteiger partial charge in [-0.15, -0.1) is 0 Å². The van der Waals surface area contributed by atoms with Gasteiger partial charge in [0, 0.05) is 13.2 Å². The number of nitrogens with zero attached hydrogens (tertiary/aromatic N) is 2. The predicted octanol–water partition coefficient (Wildman–Crippen LogP) is 4.76. The first-order chi connectivity index (χ1) is 12.4. The first-order valence-electron chi connectivity index (χ1n) is 8.13. The lowest BCUT2D eigenvalue weighted by atomic mass is 10.1. The van der Waals surface area contributed by atoms with E-state index in [2.05, 4.69) is 5.10 Å². The topological polar surface area (TPSA) is 57.3 Å². The lowest BCUT2D eigenvalue weighted by molar-refractivity contribution is 0.104. The van der Waals surface area contributed by atoms with Gasteiger partial charge in [0.05, 0.1) is 16.3 Å². The molecule has 1 aromatic carbocycles. The van der Waals surface area contributed by atoms with E-state index in [1.807, 2.05) is 25.1 Å². The van der Waals surface area contributed by atoms with Gasteiger partial charge in [0.15, 0.2) is 5.78 Å². The number of ketones is 1. The van der Waals surface area contributed by atoms with Crippen LogP contribution in [-0.4, -0.2) is 15.6 Å². The average Bonchev–Trinajstić information content (AvgIpc) is 3.18. The first-order valence-corrected chi connectivity index (χ1v) is 8.51. The third-order valence-corrected chi connectivity index (χ3v) is 4.18. The molecule has 2 heterocycles. The molecule has 134 valence electrons. The van der Waals surface area contributed by atoms with Crippen molar-refractivity contribution in [1.29, 1.82) is 0 Å². The van der Waals surface area contributed by atoms with Gasteiger partial charge in [-0.05, 0) is 49.8 Å². The molecular formula is C20H19ClN2O3. The third-order valence-electron chi connectivity index (χ3n) is 3.88. The summed E-state index contributed by atoms with van der Waals surface area (Å²) in [6.45, 7) is 4.00. The highest BCUT2D eigenvalue weighted by Crippen LogP contribution is 2.28. The summed E-state index contributed by atoms with van der Waals surface area (Å²) < 4.78 is 13.1. The third kappa shape index (κ3) is 4.06. The molecule has 3 rings (SSSR count). The number of halogens is 1. The van der Waals surface area contributed by atoms with Gasteiger partial charge in [-0.3, -0.25) is 9.48 Å². The molecule has 0 amide bonds. The smallest absolute Gasteiger partial charge is 0.189 e. The van der Waals surface area contributed by atoms with E-state index in [0.29, 0.717) is 33.6 Å². The normalized spacial score (nSPS) is 11.2. The Morgan fingerprint density at radius 3 is 2.81 bits per heavy atom. The van der Waals surface area contributed by atoms with Crippen molar-refractivity contribution in [2.75, 3.05) is 0 Å². The van der Waals surface area contributed by atoms with Crippen molar-refractivity contribution in [2.45, 2.75) is 20.5 Å². The van der Waals surface area contributed by atoms with Crippen molar-refractivity contribution < 1.29 is 13.9 Å². The number of ether oxygens (including phenoxy) is 1. The van der Waals surface area contributed by atoms with Gasteiger partial charge in [-0.25, -0.2) is 0 Å². The van der Waals surface area contributed by atoms with Crippen LogP contribution in [0.25, 0.3) is 6.08 Å². The van der Waals surface area contributed by atoms with E-state index in [1.165, 1.54) is 6.08 Å². The molecule has 2 aromatic heterocycles. The maximum Gasteiger partial charge on any atom is 0.189 e. The van der Waals surface area contributed by atoms with E-state index in [4.69, 9.17) is 20.8 Å². The van der Waals surface area contributed by atoms with Crippen LogP contribution in [0.3, 0.4) is 0 Å². The summed E-state index contributed by atoms with van der Waals surface area (Å²) in [6, 6.07) is 9.20. The molecule has 3 aromatic rings. The fourth-order valence-corrected chi connectivity index (χ4v) is 2.87. The minimum Gasteiger partial charge on any atom is -0.484 e. The van der Waals surface area contributed by atoms with Crippen LogP contribution in [0.1, 0.15) is 33.1 Å². The number of aromatic nitrogens is 2. The second-order valence-corrected chi connectivity index (χ2v) is 6.39. The Morgan fingerprint density at radius 1 is 1.31 bits per heavy atom. The minimum atomic E-state index is -0.114. The van der Waals surface area contributed by atoms with E-state index < -0.39 is 0 Å². The first kappa shape index (κ1) is 18.0. The van der Waals surface area contributed by atoms with Crippen LogP contribution in [0.15, 0.2) is 47.0 Å². The molecule has 26 heavy (non-hydrogen) atoms. The number of hydrogen-bond acceptors (Lipinski definition) is 4. The van der Waals surface area contributed by atoms with E-state index in [-0.39, 0.29) is 12.4 Å². The SMILES string of the molecule is Cc1cccc(Cl)c1OCc1ccc(/C=C/C(=O)c2cn(C)nc2C)o1. The fraction of sp³-hybridized carbons (Fsp3) is 0.200. The summed E-state index contributed by atoms with van der Waals surface area (Å²) in [5, 5.41) is 4.73. The van der Waals surface area contributed by atoms with Crippen LogP contribution in [0.2, 0.25) is 5.02 Å². The molecule has 0 aliphatic heterocycles. The molecule has 0 spiro atoms. The number of aryl methyl sites for hydroxylation is 3. The van der Waals surface area contributed by atoms with Crippen molar-refractivity contribution in [1.82, 2.24) is 9.78 Å². The lowest BCUT2D eigenvalue weighted by Crippen LogP contribution is -1.96. The summed E-state index contributed by atoms with van der Waals surface area (Å²) in [5.74, 6) is 1.75. The van der Waals surface area contributed by atoms with Crippen LogP contribution in [0.5, 0.6) is 5.75 Å². The second-order valence-electron chi connectivity index (χ2n) is 5.98. The summed E-state index contributed by atoms with van der Waals surface area (Å²) >= 11 is 6.15. The van der Waals surface area contributed by atoms with Gasteiger partial charge in [-0.1, -0.05) is 23.7 Å². The fourth-order valence-electron chi connectivity index (χ4n) is 2.59. The Morgan fingerprint density at radius 2 is 2.12 bits per heavy atom. The molecule has 6 heteroatoms. The monoisotopic (exact) mass is 370 g/mol. The average molecular weight is 371 g/mol. The van der Waals surface area contributed by atoms with Crippen LogP contribution in [0.4, 0.5) is 0 Å². The van der Waals surface area contributed by atoms with Gasteiger partial charge >= 0.3 is 0 Å². The Kier molecular flexibility index (Phi) is 5.28. The van der Waals surface area contributed by atoms with Crippen molar-refractivity contribution in [3.05, 3.63) is 76.0 Å². The van der Waals surface area contributed by atoms with Crippen molar-refractivity contribution in [2.24, 2.45) is 7.05 Å². The largest absolute Gasteiger partial charge is 0.484 e. The maximum atomic E-state index is 12.2. The number of hydrogen-bond donors (Lipinski definition) is 0. The minimum absolute atomic E-state index is 0.114. The molecule has 0 bridgehead atoms. The summed E-state index contributed by atoms with van der Waals surface area (Å²) in [7, 11) is 1.78. The van der Waals surface area contributed by atoms with Crippen molar-refractivity contribution in [3.63, 3.8) is 0 Å². The zero-order chi connectivity index (χ0) is 18.7. The number of carbonyl (C=O) groups excluding carboxylic acids is 1. The van der Waals surface area contributed by atoms with E-state index in [0.717, 1.165) is 5.56 Å². The van der Waals surface area contributed by atoms with Crippen molar-refractivity contribution in [3.8, 4) is 5.75 Å². The number of para-hydroxylation sites is 1. The van der Waals surface area contributed by atoms with Gasteiger partial charge in [0.1, 0.15) is 23.9 Å². The Balaban J connectivity index is 1.64. The summed E-state index contributed by atoms with van der Waals surface area (Å²) in [4.78, 5) is 12.2. The van der Waals surface area contributed by atoms with Crippen LogP contribution < -0.4 is 4.74 Å². The highest BCUT2D eigenvalue weighted by molar-refractivity contribution is 6.32. The van der Waals surface area contributed by atoms with Crippen LogP contribution >= 0.6 is 11.6 Å². The number of allylic oxidation sites excluding steroid dienone is 1. The maximum absolute atomic E-state index is 12.2. The molecular weight excluding hydrogens is 352 g/mol. The molecule has 0 aliphatic rings. The summed E-state index contributed by atoms with van der Waals surface area (Å²) in [6.07, 6.45) is 4.82. The van der Waals surface area contributed by atoms with E-state index in [9.17, 15) is 4.79 Å². The molecule has 0 unspecified atom stereocenters. The molecule has 0 saturated heterocycles. The van der Waals surface area contributed by atoms with E-state index >= 15 is 0 Å². The second kappa shape index (κ2) is 7.62. The number of benzene rings is 1. The van der Waals surface area contributed by atoms with Gasteiger partial charge in [0.25, 0.3) is 0 Å². The summed E-state index contributed by atoms with van der Waals surface area (Å²) in [5.41, 5.74) is 2.24. The Labute approximate surface area is 156 Å². The van der Waals surface area contributed by atoms with E-state index in [1.54, 1.807) is 43.1 Å². The number of carbonyl (C=O) groups is 1. The van der Waals surface area contributed by atoms with Crippen LogP contribution in [-0.2, 0) is 13.7 Å². The number of rotatable bonds is 6. The Bertz CT molecular complexity index is 949. The van der Waals surface area contributed by atoms with Gasteiger partial charge in [-0.2, -0.15) is 5.10 Å². The molecule has 0 radical (unpaired) electrons. The van der Waals surface area contributed by atoms with Crippen LogP contribution in [0, 0.1) is 13.8 Å². The zero-order valence-electron chi connectivity index (χ0n) is 14.8. The standard InChI is InChI=1S/C20H19ClN2O3/c1-13-5-4-6-18(21)20(13)25-12-16-8-7-15(26-16)9-10-19(24)17-11-23(3)22-14(17)2/h4-11H,12H2,1-3H3/b10-9+. The predicted molar refractivity (Wildman–Crippen MR) is 101 cm³/mol. The molecule has 0 atom stereocenters.